The van der Waals surface area contributed by atoms with Crippen molar-refractivity contribution in [1.82, 2.24) is 0 Å². The van der Waals surface area contributed by atoms with Crippen LogP contribution in [0, 0.1) is 0 Å². The summed E-state index contributed by atoms with van der Waals surface area (Å²) in [6.07, 6.45) is -18.6. The van der Waals surface area contributed by atoms with Crippen LogP contribution in [0.2, 0.25) is 0 Å². The van der Waals surface area contributed by atoms with Crippen LogP contribution in [0.25, 0.3) is 28.7 Å². The number of carboxylic acid groups (broad SMARTS) is 2. The number of carbonyl (C=O) groups is 4. The van der Waals surface area contributed by atoms with Crippen molar-refractivity contribution >= 4 is 35.9 Å². The number of benzene rings is 3. The quantitative estimate of drug-likeness (QED) is 0.0224. The lowest BCUT2D eigenvalue weighted by Gasteiger charge is -2.41. The van der Waals surface area contributed by atoms with Gasteiger partial charge in [0.15, 0.2) is 29.1 Å². The molecule has 0 saturated carbocycles. The summed E-state index contributed by atoms with van der Waals surface area (Å²) in [5.41, 5.74) is -0.0905. The molecule has 2 fully saturated rings. The van der Waals surface area contributed by atoms with E-state index >= 15 is 0 Å². The lowest BCUT2D eigenvalue weighted by atomic mass is 9.98. The fraction of sp³-hybridized carbons (Fsp3) is 0.333. The highest BCUT2D eigenvalue weighted by molar-refractivity contribution is 5.91. The second-order valence-electron chi connectivity index (χ2n) is 14.4. The Balaban J connectivity index is 1.30. The number of phenolic OH excluding ortho intramolecular Hbond substituents is 2. The first-order valence-electron chi connectivity index (χ1n) is 19.3. The molecule has 346 valence electrons. The molecule has 23 nitrogen and oxygen atoms in total. The van der Waals surface area contributed by atoms with Gasteiger partial charge >= 0.3 is 29.8 Å². The number of esters is 3. The summed E-state index contributed by atoms with van der Waals surface area (Å²) >= 11 is 0. The highest BCUT2D eigenvalue weighted by Gasteiger charge is 2.50. The first-order chi connectivity index (χ1) is 30.9. The molecule has 2 aromatic carbocycles. The summed E-state index contributed by atoms with van der Waals surface area (Å²) in [5, 5.41) is 92.2. The van der Waals surface area contributed by atoms with Crippen LogP contribution < -0.4 is 14.9 Å². The first-order valence-corrected chi connectivity index (χ1v) is 19.3. The van der Waals surface area contributed by atoms with Crippen molar-refractivity contribution in [2.75, 3.05) is 13.2 Å². The summed E-state index contributed by atoms with van der Waals surface area (Å²) in [4.78, 5) is 69.9. The molecule has 2 aromatic rings. The summed E-state index contributed by atoms with van der Waals surface area (Å²) in [5.74, 6) is -7.75. The number of ether oxygens (including phenoxy) is 7. The zero-order valence-electron chi connectivity index (χ0n) is 33.4. The summed E-state index contributed by atoms with van der Waals surface area (Å²) in [7, 11) is 0. The first kappa shape index (κ1) is 47.4. The maximum absolute atomic E-state index is 13.0. The molecule has 0 spiro atoms. The molecular formula is C42H41O23+. The molecule has 0 radical (unpaired) electrons. The van der Waals surface area contributed by atoms with Crippen LogP contribution in [-0.4, -0.2) is 155 Å². The number of hydrogen-bond acceptors (Lipinski definition) is 20. The number of aromatic hydroxyl groups is 2. The van der Waals surface area contributed by atoms with Gasteiger partial charge in [-0.15, -0.1) is 0 Å². The van der Waals surface area contributed by atoms with Gasteiger partial charge in [-0.05, 0) is 54.1 Å². The zero-order chi connectivity index (χ0) is 47.1. The van der Waals surface area contributed by atoms with Gasteiger partial charge in [0.1, 0.15) is 79.1 Å². The average Bonchev–Trinajstić information content (AvgIpc) is 3.25. The lowest BCUT2D eigenvalue weighted by molar-refractivity contribution is -0.282. The number of aliphatic hydroxyl groups is 5. The zero-order valence-corrected chi connectivity index (χ0v) is 33.4. The van der Waals surface area contributed by atoms with E-state index in [0.717, 1.165) is 12.1 Å². The Labute approximate surface area is 364 Å². The number of aliphatic carboxylic acids is 2. The standard InChI is InChI=1S/C42H40O23/c43-20-6-1-18(2-7-20)3-10-31(50)58-16-27-34(53)35(54)37(56)41(63-27)62-26-13-23-24(60-39(26)19-4-8-21(44)9-5-19)11-22(45)12-25(23)61-42-38(57)36(55)40(65-33(52)15-30(48)49)28(64-42)17-59-32(51)14-29(46)47/h1-13,27-28,34-38,40-44,53-57H,14-17H2,(H,46,47)(H,48,49)/p+1. The van der Waals surface area contributed by atoms with Crippen LogP contribution in [0.3, 0.4) is 0 Å². The van der Waals surface area contributed by atoms with Crippen molar-refractivity contribution in [3.63, 3.8) is 0 Å². The van der Waals surface area contributed by atoms with E-state index in [0.29, 0.717) is 5.56 Å². The van der Waals surface area contributed by atoms with E-state index in [-0.39, 0.29) is 39.9 Å². The maximum atomic E-state index is 13.0. The SMILES string of the molecule is O=C(O)CC(=O)OCC1OC(Oc2cc(=O)cc3oc(-c4ccc(O)cc4)c(OC4OC(COC(=[OH+])C=Cc5ccc(O)cc5)C(O)C(O)C4O)cc2-3)C(O)C(O)C1OC(=O)CC(=O)O. The smallest absolute Gasteiger partial charge is 0.508 e. The second-order valence-corrected chi connectivity index (χ2v) is 14.4. The predicted octanol–water partition coefficient (Wildman–Crippen LogP) is -0.529. The molecule has 3 heterocycles. The van der Waals surface area contributed by atoms with Crippen molar-refractivity contribution in [2.24, 2.45) is 0 Å². The molecule has 10 atom stereocenters. The number of rotatable bonds is 16. The van der Waals surface area contributed by atoms with E-state index in [9.17, 15) is 64.5 Å². The molecule has 10 unspecified atom stereocenters. The minimum atomic E-state index is -2.14. The Morgan fingerprint density at radius 1 is 0.662 bits per heavy atom. The van der Waals surface area contributed by atoms with E-state index < -0.39 is 128 Å². The Morgan fingerprint density at radius 3 is 1.88 bits per heavy atom. The van der Waals surface area contributed by atoms with E-state index in [1.165, 1.54) is 54.6 Å². The van der Waals surface area contributed by atoms with E-state index in [4.69, 9.17) is 47.8 Å². The van der Waals surface area contributed by atoms with Gasteiger partial charge in [0.2, 0.25) is 19.2 Å². The molecule has 0 bridgehead atoms. The van der Waals surface area contributed by atoms with Crippen molar-refractivity contribution in [1.29, 1.82) is 0 Å². The Kier molecular flexibility index (Phi) is 15.0. The minimum absolute atomic E-state index is 0.0206. The number of carboxylic acids is 2. The Morgan fingerprint density at radius 2 is 1.23 bits per heavy atom. The van der Waals surface area contributed by atoms with Gasteiger partial charge in [-0.2, -0.15) is 0 Å². The molecule has 3 aliphatic heterocycles. The van der Waals surface area contributed by atoms with Crippen LogP contribution in [0.1, 0.15) is 18.4 Å². The van der Waals surface area contributed by atoms with Crippen LogP contribution in [-0.2, 0) is 42.9 Å². The number of fused-ring (bicyclic) bond motifs is 1. The molecule has 6 rings (SSSR count). The third kappa shape index (κ3) is 11.9. The van der Waals surface area contributed by atoms with Gasteiger partial charge in [-0.25, -0.2) is 0 Å². The third-order valence-electron chi connectivity index (χ3n) is 9.69. The molecule has 2 saturated heterocycles. The fourth-order valence-corrected chi connectivity index (χ4v) is 6.48. The van der Waals surface area contributed by atoms with Crippen molar-refractivity contribution in [3.05, 3.63) is 88.6 Å². The van der Waals surface area contributed by atoms with Gasteiger partial charge in [0.05, 0.1) is 11.6 Å². The Hall–Kier alpha value is -7.12. The van der Waals surface area contributed by atoms with E-state index in [1.54, 1.807) is 12.1 Å². The Bertz CT molecular complexity index is 2410. The normalized spacial score (nSPS) is 25.4. The molecule has 10 N–H and O–H groups in total. The summed E-state index contributed by atoms with van der Waals surface area (Å²) in [6.45, 7) is -1.51. The molecular weight excluding hydrogens is 872 g/mol. The van der Waals surface area contributed by atoms with Gasteiger partial charge in [-0.3, -0.25) is 24.0 Å². The van der Waals surface area contributed by atoms with Gasteiger partial charge in [0.25, 0.3) is 0 Å². The fourth-order valence-electron chi connectivity index (χ4n) is 6.48. The van der Waals surface area contributed by atoms with E-state index in [2.05, 4.69) is 0 Å². The van der Waals surface area contributed by atoms with Crippen LogP contribution in [0.4, 0.5) is 0 Å². The average molecular weight is 914 g/mol. The topological polar surface area (TPSA) is 367 Å². The molecule has 65 heavy (non-hydrogen) atoms. The molecule has 0 aromatic heterocycles. The largest absolute Gasteiger partial charge is 0.510 e. The number of phenols is 2. The molecule has 1 aliphatic carbocycles. The van der Waals surface area contributed by atoms with Gasteiger partial charge in [0, 0.05) is 17.7 Å². The van der Waals surface area contributed by atoms with Crippen LogP contribution in [0.15, 0.2) is 82.0 Å². The highest BCUT2D eigenvalue weighted by Crippen LogP contribution is 2.43. The third-order valence-corrected chi connectivity index (χ3v) is 9.69. The molecule has 23 heteroatoms. The lowest BCUT2D eigenvalue weighted by Crippen LogP contribution is -2.61. The van der Waals surface area contributed by atoms with Gasteiger partial charge < -0.3 is 88.3 Å². The number of carbonyl (C=O) groups excluding carboxylic acids is 3. The van der Waals surface area contributed by atoms with Crippen LogP contribution in [0.5, 0.6) is 23.0 Å². The highest BCUT2D eigenvalue weighted by atomic mass is 16.7. The molecule has 4 aliphatic rings. The van der Waals surface area contributed by atoms with Gasteiger partial charge in [-0.1, -0.05) is 12.1 Å². The van der Waals surface area contributed by atoms with Crippen molar-refractivity contribution in [2.45, 2.75) is 74.3 Å². The second kappa shape index (κ2) is 20.6. The van der Waals surface area contributed by atoms with Crippen molar-refractivity contribution < 1.29 is 108 Å². The number of aliphatic hydroxyl groups excluding tert-OH is 5. The maximum Gasteiger partial charge on any atom is 0.510 e. The monoisotopic (exact) mass is 913 g/mol. The molecule has 0 amide bonds. The minimum Gasteiger partial charge on any atom is -0.508 e. The summed E-state index contributed by atoms with van der Waals surface area (Å²) < 4.78 is 44.8. The predicted molar refractivity (Wildman–Crippen MR) is 213 cm³/mol. The summed E-state index contributed by atoms with van der Waals surface area (Å²) in [6, 6.07) is 14.4. The number of hydrogen-bond donors (Lipinski definition) is 9. The van der Waals surface area contributed by atoms with E-state index in [1.807, 2.05) is 0 Å². The van der Waals surface area contributed by atoms with Crippen molar-refractivity contribution in [3.8, 4) is 45.6 Å². The van der Waals surface area contributed by atoms with Crippen LogP contribution >= 0.6 is 0 Å².